The molecule has 1 saturated heterocycles. The zero-order valence-electron chi connectivity index (χ0n) is 8.95. The molecule has 15 heavy (non-hydrogen) atoms. The molecule has 0 N–H and O–H groups in total. The summed E-state index contributed by atoms with van der Waals surface area (Å²) in [7, 11) is 0. The SMILES string of the molecule is CCOC(=O)C1=CC2(CCC1)OCCO2. The number of carbonyl (C=O) groups excluding carboxylic acids is 1. The number of hydrogen-bond acceptors (Lipinski definition) is 4. The van der Waals surface area contributed by atoms with Gasteiger partial charge in [0.25, 0.3) is 0 Å². The molecule has 2 aliphatic rings. The van der Waals surface area contributed by atoms with E-state index in [1.807, 2.05) is 0 Å². The third-order valence-electron chi connectivity index (χ3n) is 2.68. The lowest BCUT2D eigenvalue weighted by molar-refractivity contribution is -0.143. The molecule has 1 aliphatic carbocycles. The van der Waals surface area contributed by atoms with Gasteiger partial charge in [0, 0.05) is 12.0 Å². The van der Waals surface area contributed by atoms with Crippen LogP contribution in [-0.2, 0) is 19.0 Å². The fourth-order valence-corrected chi connectivity index (χ4v) is 2.02. The van der Waals surface area contributed by atoms with Crippen LogP contribution in [0.25, 0.3) is 0 Å². The second kappa shape index (κ2) is 4.33. The first-order chi connectivity index (χ1) is 7.26. The van der Waals surface area contributed by atoms with Crippen LogP contribution in [0.15, 0.2) is 11.6 Å². The topological polar surface area (TPSA) is 44.8 Å². The Morgan fingerprint density at radius 3 is 2.93 bits per heavy atom. The number of hydrogen-bond donors (Lipinski definition) is 0. The minimum atomic E-state index is -0.639. The molecule has 84 valence electrons. The van der Waals surface area contributed by atoms with Crippen molar-refractivity contribution in [1.29, 1.82) is 0 Å². The molecule has 0 amide bonds. The summed E-state index contributed by atoms with van der Waals surface area (Å²) in [5.41, 5.74) is 0.685. The zero-order chi connectivity index (χ0) is 10.7. The summed E-state index contributed by atoms with van der Waals surface area (Å²) in [6.07, 6.45) is 4.29. The van der Waals surface area contributed by atoms with E-state index in [-0.39, 0.29) is 5.97 Å². The molecule has 0 saturated carbocycles. The molecule has 1 aliphatic heterocycles. The van der Waals surface area contributed by atoms with Gasteiger partial charge in [-0.1, -0.05) is 0 Å². The summed E-state index contributed by atoms with van der Waals surface area (Å²) in [6.45, 7) is 3.42. The number of esters is 1. The van der Waals surface area contributed by atoms with Crippen LogP contribution in [0.3, 0.4) is 0 Å². The number of ether oxygens (including phenoxy) is 3. The Labute approximate surface area is 89.2 Å². The third kappa shape index (κ3) is 2.21. The van der Waals surface area contributed by atoms with E-state index >= 15 is 0 Å². The van der Waals surface area contributed by atoms with Crippen LogP contribution in [0, 0.1) is 0 Å². The molecule has 4 nitrogen and oxygen atoms in total. The first kappa shape index (κ1) is 10.6. The molecule has 0 unspecified atom stereocenters. The molecule has 1 fully saturated rings. The second-order valence-electron chi connectivity index (χ2n) is 3.75. The molecule has 0 aromatic rings. The van der Waals surface area contributed by atoms with E-state index in [0.717, 1.165) is 19.3 Å². The number of carbonyl (C=O) groups is 1. The van der Waals surface area contributed by atoms with E-state index in [4.69, 9.17) is 14.2 Å². The molecule has 0 atom stereocenters. The van der Waals surface area contributed by atoms with Crippen LogP contribution < -0.4 is 0 Å². The van der Waals surface area contributed by atoms with Crippen molar-refractivity contribution in [2.45, 2.75) is 32.0 Å². The monoisotopic (exact) mass is 212 g/mol. The maximum Gasteiger partial charge on any atom is 0.333 e. The highest BCUT2D eigenvalue weighted by molar-refractivity contribution is 5.88. The van der Waals surface area contributed by atoms with Gasteiger partial charge in [0.1, 0.15) is 0 Å². The summed E-state index contributed by atoms with van der Waals surface area (Å²) in [5.74, 6) is -0.879. The first-order valence-corrected chi connectivity index (χ1v) is 5.42. The molecule has 2 rings (SSSR count). The highest BCUT2D eigenvalue weighted by Gasteiger charge is 2.38. The van der Waals surface area contributed by atoms with Crippen molar-refractivity contribution >= 4 is 5.97 Å². The van der Waals surface area contributed by atoms with Crippen LogP contribution in [0.5, 0.6) is 0 Å². The van der Waals surface area contributed by atoms with Gasteiger partial charge in [-0.2, -0.15) is 0 Å². The lowest BCUT2D eigenvalue weighted by Gasteiger charge is -2.28. The van der Waals surface area contributed by atoms with Gasteiger partial charge in [-0.15, -0.1) is 0 Å². The number of rotatable bonds is 2. The average molecular weight is 212 g/mol. The molecule has 1 spiro atoms. The van der Waals surface area contributed by atoms with E-state index in [1.165, 1.54) is 0 Å². The van der Waals surface area contributed by atoms with Gasteiger partial charge in [-0.25, -0.2) is 4.79 Å². The van der Waals surface area contributed by atoms with Crippen molar-refractivity contribution in [2.24, 2.45) is 0 Å². The molecule has 0 bridgehead atoms. The average Bonchev–Trinajstić information content (AvgIpc) is 2.67. The van der Waals surface area contributed by atoms with Crippen LogP contribution in [0.4, 0.5) is 0 Å². The molecule has 0 aromatic heterocycles. The van der Waals surface area contributed by atoms with Gasteiger partial charge in [-0.05, 0) is 25.8 Å². The molecule has 0 aromatic carbocycles. The zero-order valence-corrected chi connectivity index (χ0v) is 8.95. The van der Waals surface area contributed by atoms with Gasteiger partial charge in [0.15, 0.2) is 5.79 Å². The van der Waals surface area contributed by atoms with Gasteiger partial charge in [-0.3, -0.25) is 0 Å². The smallest absolute Gasteiger partial charge is 0.333 e. The fourth-order valence-electron chi connectivity index (χ4n) is 2.02. The van der Waals surface area contributed by atoms with Crippen molar-refractivity contribution in [2.75, 3.05) is 19.8 Å². The van der Waals surface area contributed by atoms with Crippen molar-refractivity contribution in [3.8, 4) is 0 Å². The maximum atomic E-state index is 11.5. The predicted molar refractivity (Wildman–Crippen MR) is 53.2 cm³/mol. The van der Waals surface area contributed by atoms with E-state index < -0.39 is 5.79 Å². The van der Waals surface area contributed by atoms with Gasteiger partial charge in [0.05, 0.1) is 19.8 Å². The molecular weight excluding hydrogens is 196 g/mol. The molecule has 0 radical (unpaired) electrons. The van der Waals surface area contributed by atoms with E-state index in [1.54, 1.807) is 13.0 Å². The summed E-state index contributed by atoms with van der Waals surface area (Å²) in [6, 6.07) is 0. The summed E-state index contributed by atoms with van der Waals surface area (Å²) in [5, 5.41) is 0. The van der Waals surface area contributed by atoms with Crippen LogP contribution >= 0.6 is 0 Å². The van der Waals surface area contributed by atoms with Crippen LogP contribution in [-0.4, -0.2) is 31.6 Å². The predicted octanol–water partition coefficient (Wildman–Crippen LogP) is 1.40. The van der Waals surface area contributed by atoms with Crippen molar-refractivity contribution in [1.82, 2.24) is 0 Å². The van der Waals surface area contributed by atoms with Crippen molar-refractivity contribution in [3.05, 3.63) is 11.6 Å². The highest BCUT2D eigenvalue weighted by atomic mass is 16.7. The second-order valence-corrected chi connectivity index (χ2v) is 3.75. The Morgan fingerprint density at radius 2 is 2.27 bits per heavy atom. The van der Waals surface area contributed by atoms with Crippen LogP contribution in [0.1, 0.15) is 26.2 Å². The van der Waals surface area contributed by atoms with Crippen molar-refractivity contribution in [3.63, 3.8) is 0 Å². The Balaban J connectivity index is 2.11. The quantitative estimate of drug-likeness (QED) is 0.649. The highest BCUT2D eigenvalue weighted by Crippen LogP contribution is 2.34. The Kier molecular flexibility index (Phi) is 3.07. The van der Waals surface area contributed by atoms with Crippen molar-refractivity contribution < 1.29 is 19.0 Å². The summed E-state index contributed by atoms with van der Waals surface area (Å²) < 4.78 is 16.0. The van der Waals surface area contributed by atoms with Gasteiger partial charge < -0.3 is 14.2 Å². The lowest BCUT2D eigenvalue weighted by atomic mass is 9.95. The maximum absolute atomic E-state index is 11.5. The first-order valence-electron chi connectivity index (χ1n) is 5.42. The van der Waals surface area contributed by atoms with Gasteiger partial charge >= 0.3 is 5.97 Å². The van der Waals surface area contributed by atoms with E-state index in [0.29, 0.717) is 25.4 Å². The largest absolute Gasteiger partial charge is 0.463 e. The summed E-state index contributed by atoms with van der Waals surface area (Å²) in [4.78, 5) is 11.5. The molecule has 1 heterocycles. The van der Waals surface area contributed by atoms with E-state index in [9.17, 15) is 4.79 Å². The van der Waals surface area contributed by atoms with Crippen LogP contribution in [0.2, 0.25) is 0 Å². The normalized spacial score (nSPS) is 23.9. The van der Waals surface area contributed by atoms with E-state index in [2.05, 4.69) is 0 Å². The molecule has 4 heteroatoms. The summed E-state index contributed by atoms with van der Waals surface area (Å²) >= 11 is 0. The molecular formula is C11H16O4. The lowest BCUT2D eigenvalue weighted by Crippen LogP contribution is -2.31. The third-order valence-corrected chi connectivity index (χ3v) is 2.68. The minimum Gasteiger partial charge on any atom is -0.463 e. The van der Waals surface area contributed by atoms with Gasteiger partial charge in [0.2, 0.25) is 0 Å². The standard InChI is InChI=1S/C11H16O4/c1-2-13-10(12)9-4-3-5-11(8-9)14-6-7-15-11/h8H,2-7H2,1H3. The fraction of sp³-hybridized carbons (Fsp3) is 0.727. The Bertz CT molecular complexity index is 276. The Hall–Kier alpha value is -0.870. The minimum absolute atomic E-state index is 0.240. The Morgan fingerprint density at radius 1 is 1.53 bits per heavy atom.